The average molecular weight is 286 g/mol. The number of hydrogen-bond acceptors (Lipinski definition) is 4. The van der Waals surface area contributed by atoms with Crippen LogP contribution >= 0.6 is 0 Å². The highest BCUT2D eigenvalue weighted by molar-refractivity contribution is 5.88. The van der Waals surface area contributed by atoms with Crippen LogP contribution in [0.4, 0.5) is 4.39 Å². The summed E-state index contributed by atoms with van der Waals surface area (Å²) >= 11 is 0. The van der Waals surface area contributed by atoms with E-state index in [0.29, 0.717) is 22.3 Å². The second-order valence-electron chi connectivity index (χ2n) is 5.10. The molecule has 0 bridgehead atoms. The lowest BCUT2D eigenvalue weighted by molar-refractivity contribution is 0.281. The summed E-state index contributed by atoms with van der Waals surface area (Å²) in [6.45, 7) is 3.82. The number of imidazole rings is 1. The molecule has 5 nitrogen and oxygen atoms in total. The molecule has 0 unspecified atom stereocenters. The van der Waals surface area contributed by atoms with E-state index in [0.717, 1.165) is 5.65 Å². The summed E-state index contributed by atoms with van der Waals surface area (Å²) in [6.07, 6.45) is 3.18. The van der Waals surface area contributed by atoms with Crippen molar-refractivity contribution in [2.75, 3.05) is 0 Å². The number of benzene rings is 1. The van der Waals surface area contributed by atoms with Crippen LogP contribution < -0.4 is 0 Å². The number of halogens is 1. The maximum Gasteiger partial charge on any atom is 0.164 e. The van der Waals surface area contributed by atoms with E-state index >= 15 is 0 Å². The second-order valence-corrected chi connectivity index (χ2v) is 5.10. The summed E-state index contributed by atoms with van der Waals surface area (Å²) in [5, 5.41) is 9.43. The van der Waals surface area contributed by atoms with Crippen molar-refractivity contribution in [1.82, 2.24) is 19.5 Å². The molecule has 0 amide bonds. The monoisotopic (exact) mass is 286 g/mol. The molecule has 108 valence electrons. The number of nitrogens with zero attached hydrogens (tertiary/aromatic N) is 4. The Morgan fingerprint density at radius 2 is 2.05 bits per heavy atom. The zero-order valence-corrected chi connectivity index (χ0v) is 11.8. The molecule has 0 fully saturated rings. The molecule has 21 heavy (non-hydrogen) atoms. The Morgan fingerprint density at radius 1 is 1.24 bits per heavy atom. The summed E-state index contributed by atoms with van der Waals surface area (Å²) in [5.41, 5.74) is 3.12. The maximum absolute atomic E-state index is 13.3. The minimum Gasteiger partial charge on any atom is -0.392 e. The highest BCUT2D eigenvalue weighted by Gasteiger charge is 2.15. The zero-order valence-electron chi connectivity index (χ0n) is 11.8. The van der Waals surface area contributed by atoms with Crippen molar-refractivity contribution in [3.05, 3.63) is 42.2 Å². The molecule has 1 N–H and O–H groups in total. The largest absolute Gasteiger partial charge is 0.392 e. The molecule has 3 aromatic rings. The number of aromatic nitrogens is 4. The molecule has 1 aromatic carbocycles. The number of fused-ring (bicyclic) bond motifs is 1. The van der Waals surface area contributed by atoms with Crippen LogP contribution in [-0.2, 0) is 6.61 Å². The van der Waals surface area contributed by atoms with Gasteiger partial charge in [0.2, 0.25) is 0 Å². The van der Waals surface area contributed by atoms with Crippen LogP contribution in [0.3, 0.4) is 0 Å². The summed E-state index contributed by atoms with van der Waals surface area (Å²) in [5.74, 6) is -0.388. The molecule has 2 aromatic heterocycles. The first-order valence-electron chi connectivity index (χ1n) is 6.69. The number of hydrogen-bond donors (Lipinski definition) is 1. The van der Waals surface area contributed by atoms with Gasteiger partial charge < -0.3 is 9.67 Å². The van der Waals surface area contributed by atoms with Gasteiger partial charge >= 0.3 is 0 Å². The van der Waals surface area contributed by atoms with E-state index in [-0.39, 0.29) is 18.5 Å². The molecule has 0 radical (unpaired) electrons. The van der Waals surface area contributed by atoms with Gasteiger partial charge in [0, 0.05) is 11.6 Å². The van der Waals surface area contributed by atoms with Crippen LogP contribution in [0.15, 0.2) is 30.9 Å². The van der Waals surface area contributed by atoms with E-state index in [4.69, 9.17) is 0 Å². The normalized spacial score (nSPS) is 11.5. The van der Waals surface area contributed by atoms with E-state index in [1.54, 1.807) is 12.4 Å². The average Bonchev–Trinajstić information content (AvgIpc) is 2.91. The van der Waals surface area contributed by atoms with Crippen molar-refractivity contribution < 1.29 is 9.50 Å². The Labute approximate surface area is 121 Å². The van der Waals surface area contributed by atoms with Gasteiger partial charge in [0.1, 0.15) is 23.4 Å². The zero-order chi connectivity index (χ0) is 15.0. The standard InChI is InChI=1S/C15H15FN4O/c1-9(2)20-8-19-14-13(17-7-18-15(14)20)12-4-3-11(16)5-10(12)6-21/h3-5,7-9,21H,6H2,1-2H3. The van der Waals surface area contributed by atoms with E-state index in [1.807, 2.05) is 18.4 Å². The smallest absolute Gasteiger partial charge is 0.164 e. The van der Waals surface area contributed by atoms with Crippen molar-refractivity contribution in [2.24, 2.45) is 0 Å². The predicted molar refractivity (Wildman–Crippen MR) is 77.0 cm³/mol. The second kappa shape index (κ2) is 5.21. The van der Waals surface area contributed by atoms with Gasteiger partial charge in [-0.25, -0.2) is 19.3 Å². The molecule has 0 aliphatic carbocycles. The van der Waals surface area contributed by atoms with Crippen LogP contribution in [0.5, 0.6) is 0 Å². The maximum atomic E-state index is 13.3. The lowest BCUT2D eigenvalue weighted by atomic mass is 10.0. The molecular weight excluding hydrogens is 271 g/mol. The van der Waals surface area contributed by atoms with Crippen molar-refractivity contribution in [1.29, 1.82) is 0 Å². The first-order valence-corrected chi connectivity index (χ1v) is 6.69. The summed E-state index contributed by atoms with van der Waals surface area (Å²) in [6, 6.07) is 4.49. The van der Waals surface area contributed by atoms with Gasteiger partial charge in [-0.1, -0.05) is 0 Å². The van der Waals surface area contributed by atoms with Gasteiger partial charge in [-0.3, -0.25) is 0 Å². The van der Waals surface area contributed by atoms with Gasteiger partial charge in [-0.15, -0.1) is 0 Å². The number of rotatable bonds is 3. The Balaban J connectivity index is 2.26. The van der Waals surface area contributed by atoms with Crippen molar-refractivity contribution in [3.8, 4) is 11.3 Å². The Morgan fingerprint density at radius 3 is 2.76 bits per heavy atom. The highest BCUT2D eigenvalue weighted by Crippen LogP contribution is 2.28. The van der Waals surface area contributed by atoms with E-state index in [9.17, 15) is 9.50 Å². The molecular formula is C15H15FN4O. The SMILES string of the molecule is CC(C)n1cnc2c(-c3ccc(F)cc3CO)ncnc21. The topological polar surface area (TPSA) is 63.8 Å². The first kappa shape index (κ1) is 13.6. The fourth-order valence-electron chi connectivity index (χ4n) is 2.35. The van der Waals surface area contributed by atoms with Gasteiger partial charge in [0.15, 0.2) is 5.65 Å². The fourth-order valence-corrected chi connectivity index (χ4v) is 2.35. The van der Waals surface area contributed by atoms with Gasteiger partial charge in [0.25, 0.3) is 0 Å². The lowest BCUT2D eigenvalue weighted by Gasteiger charge is -2.09. The van der Waals surface area contributed by atoms with Crippen molar-refractivity contribution in [2.45, 2.75) is 26.5 Å². The molecule has 0 spiro atoms. The fraction of sp³-hybridized carbons (Fsp3) is 0.267. The number of aliphatic hydroxyl groups excluding tert-OH is 1. The van der Waals surface area contributed by atoms with Gasteiger partial charge in [-0.05, 0) is 37.6 Å². The third-order valence-corrected chi connectivity index (χ3v) is 3.41. The summed E-state index contributed by atoms with van der Waals surface area (Å²) in [7, 11) is 0. The first-order chi connectivity index (χ1) is 10.1. The van der Waals surface area contributed by atoms with Crippen LogP contribution in [-0.4, -0.2) is 24.6 Å². The van der Waals surface area contributed by atoms with E-state index in [1.165, 1.54) is 18.5 Å². The third kappa shape index (κ3) is 2.27. The lowest BCUT2D eigenvalue weighted by Crippen LogP contribution is -2.01. The molecule has 0 saturated carbocycles. The van der Waals surface area contributed by atoms with E-state index < -0.39 is 0 Å². The van der Waals surface area contributed by atoms with Crippen LogP contribution in [0, 0.1) is 5.82 Å². The Kier molecular flexibility index (Phi) is 3.39. The minimum atomic E-state index is -0.388. The van der Waals surface area contributed by atoms with Crippen LogP contribution in [0.1, 0.15) is 25.5 Å². The van der Waals surface area contributed by atoms with Crippen molar-refractivity contribution >= 4 is 11.2 Å². The highest BCUT2D eigenvalue weighted by atomic mass is 19.1. The molecule has 0 atom stereocenters. The van der Waals surface area contributed by atoms with Crippen LogP contribution in [0.25, 0.3) is 22.4 Å². The summed E-state index contributed by atoms with van der Waals surface area (Å²) < 4.78 is 15.3. The summed E-state index contributed by atoms with van der Waals surface area (Å²) in [4.78, 5) is 12.9. The predicted octanol–water partition coefficient (Wildman–Crippen LogP) is 2.71. The third-order valence-electron chi connectivity index (χ3n) is 3.41. The quantitative estimate of drug-likeness (QED) is 0.804. The van der Waals surface area contributed by atoms with Crippen molar-refractivity contribution in [3.63, 3.8) is 0 Å². The molecule has 6 heteroatoms. The molecule has 0 aliphatic heterocycles. The van der Waals surface area contributed by atoms with Crippen LogP contribution in [0.2, 0.25) is 0 Å². The molecule has 0 aliphatic rings. The molecule has 0 saturated heterocycles. The Hall–Kier alpha value is -2.34. The van der Waals surface area contributed by atoms with Gasteiger partial charge in [-0.2, -0.15) is 0 Å². The molecule has 3 rings (SSSR count). The molecule has 2 heterocycles. The number of aliphatic hydroxyl groups is 1. The van der Waals surface area contributed by atoms with Gasteiger partial charge in [0.05, 0.1) is 12.9 Å². The van der Waals surface area contributed by atoms with E-state index in [2.05, 4.69) is 15.0 Å². The Bertz CT molecular complexity index is 797. The minimum absolute atomic E-state index is 0.225.